The summed E-state index contributed by atoms with van der Waals surface area (Å²) >= 11 is 3.50. The molecule has 1 atom stereocenters. The molecule has 0 fully saturated rings. The highest BCUT2D eigenvalue weighted by Crippen LogP contribution is 2.41. The molecule has 0 radical (unpaired) electrons. The number of fused-ring (bicyclic) bond motifs is 1. The van der Waals surface area contributed by atoms with Gasteiger partial charge in [-0.3, -0.25) is 4.79 Å². The van der Waals surface area contributed by atoms with E-state index in [1.807, 2.05) is 19.1 Å². The number of carbonyl (C=O) groups excluding carboxylic acids is 1. The van der Waals surface area contributed by atoms with E-state index < -0.39 is 0 Å². The van der Waals surface area contributed by atoms with Gasteiger partial charge in [-0.15, -0.1) is 0 Å². The van der Waals surface area contributed by atoms with Crippen molar-refractivity contribution < 1.29 is 4.79 Å². The number of hydrogen-bond acceptors (Lipinski definition) is 1. The molecular weight excluding hydrogens is 400 g/mol. The number of carbonyl (C=O) groups is 1. The van der Waals surface area contributed by atoms with Gasteiger partial charge in [0.2, 0.25) is 0 Å². The lowest BCUT2D eigenvalue weighted by molar-refractivity contribution is 0.1000. The van der Waals surface area contributed by atoms with Crippen LogP contribution in [0.15, 0.2) is 53.0 Å². The van der Waals surface area contributed by atoms with E-state index in [0.29, 0.717) is 5.56 Å². The van der Waals surface area contributed by atoms with Gasteiger partial charge in [0.1, 0.15) is 0 Å². The van der Waals surface area contributed by atoms with E-state index in [1.165, 1.54) is 16.8 Å². The van der Waals surface area contributed by atoms with Gasteiger partial charge in [-0.05, 0) is 55.0 Å². The third-order valence-corrected chi connectivity index (χ3v) is 6.21. The van der Waals surface area contributed by atoms with Gasteiger partial charge in [-0.25, -0.2) is 0 Å². The molecule has 1 aliphatic carbocycles. The maximum Gasteiger partial charge on any atom is 0.251 e. The summed E-state index contributed by atoms with van der Waals surface area (Å²) in [5.74, 6) is -0.356. The van der Waals surface area contributed by atoms with E-state index >= 15 is 0 Å². The normalized spacial score (nSPS) is 15.7. The summed E-state index contributed by atoms with van der Waals surface area (Å²) < 4.78 is 3.38. The van der Waals surface area contributed by atoms with Crippen LogP contribution in [0.2, 0.25) is 0 Å². The predicted octanol–water partition coefficient (Wildman–Crippen LogP) is 5.42. The van der Waals surface area contributed by atoms with E-state index in [4.69, 9.17) is 5.73 Å². The number of primary amides is 1. The molecule has 1 aromatic heterocycles. The third kappa shape index (κ3) is 2.92. The summed E-state index contributed by atoms with van der Waals surface area (Å²) in [6.07, 6.45) is 2.97. The standard InChI is InChI=1S/C23H23BrN2O/c1-3-19-22(16-8-11-17(24)12-9-16)21(23(25)27)14(2)26(19)20-13-10-15-6-4-5-7-18(15)20/h4-9,11-12,20H,3,10,13H2,1-2H3,(H2,25,27). The Balaban J connectivity index is 1.98. The van der Waals surface area contributed by atoms with Crippen LogP contribution in [0.3, 0.4) is 0 Å². The summed E-state index contributed by atoms with van der Waals surface area (Å²) in [6.45, 7) is 4.18. The Hall–Kier alpha value is -2.33. The van der Waals surface area contributed by atoms with Gasteiger partial charge in [0.25, 0.3) is 5.91 Å². The zero-order valence-corrected chi connectivity index (χ0v) is 17.2. The fourth-order valence-electron chi connectivity index (χ4n) is 4.57. The first-order chi connectivity index (χ1) is 13.0. The van der Waals surface area contributed by atoms with Crippen molar-refractivity contribution in [3.63, 3.8) is 0 Å². The van der Waals surface area contributed by atoms with Crippen LogP contribution < -0.4 is 5.73 Å². The van der Waals surface area contributed by atoms with Crippen molar-refractivity contribution in [1.82, 2.24) is 4.57 Å². The minimum Gasteiger partial charge on any atom is -0.366 e. The molecule has 0 bridgehead atoms. The molecule has 3 aromatic rings. The van der Waals surface area contributed by atoms with Crippen LogP contribution in [0.1, 0.15) is 52.3 Å². The average Bonchev–Trinajstić information content (AvgIpc) is 3.20. The van der Waals surface area contributed by atoms with E-state index in [1.54, 1.807) is 0 Å². The number of aryl methyl sites for hydroxylation is 1. The van der Waals surface area contributed by atoms with Crippen molar-refractivity contribution in [2.75, 3.05) is 0 Å². The van der Waals surface area contributed by atoms with Crippen molar-refractivity contribution >= 4 is 21.8 Å². The molecule has 3 nitrogen and oxygen atoms in total. The lowest BCUT2D eigenvalue weighted by atomic mass is 9.99. The fraction of sp³-hybridized carbons (Fsp3) is 0.261. The maximum absolute atomic E-state index is 12.4. The Bertz CT molecular complexity index is 1020. The van der Waals surface area contributed by atoms with Crippen molar-refractivity contribution in [3.05, 3.63) is 81.1 Å². The summed E-state index contributed by atoms with van der Waals surface area (Å²) in [7, 11) is 0. The van der Waals surface area contributed by atoms with Gasteiger partial charge in [0.05, 0.1) is 11.6 Å². The fourth-order valence-corrected chi connectivity index (χ4v) is 4.83. The van der Waals surface area contributed by atoms with Crippen molar-refractivity contribution in [1.29, 1.82) is 0 Å². The van der Waals surface area contributed by atoms with Crippen LogP contribution in [0.25, 0.3) is 11.1 Å². The Labute approximate surface area is 168 Å². The van der Waals surface area contributed by atoms with E-state index in [-0.39, 0.29) is 11.9 Å². The molecule has 1 amide bonds. The first kappa shape index (κ1) is 18.1. The second kappa shape index (κ2) is 7.01. The molecule has 1 aliphatic rings. The Morgan fingerprint density at radius 3 is 2.56 bits per heavy atom. The molecule has 0 saturated carbocycles. The maximum atomic E-state index is 12.4. The van der Waals surface area contributed by atoms with Crippen molar-refractivity contribution in [2.45, 2.75) is 39.2 Å². The number of rotatable bonds is 4. The summed E-state index contributed by atoms with van der Waals surface area (Å²) in [5.41, 5.74) is 13.5. The Morgan fingerprint density at radius 1 is 1.19 bits per heavy atom. The lowest BCUT2D eigenvalue weighted by Crippen LogP contribution is -2.15. The molecule has 0 aliphatic heterocycles. The smallest absolute Gasteiger partial charge is 0.251 e. The topological polar surface area (TPSA) is 48.0 Å². The number of nitrogens with two attached hydrogens (primary N) is 1. The average molecular weight is 423 g/mol. The van der Waals surface area contributed by atoms with Gasteiger partial charge < -0.3 is 10.3 Å². The molecule has 2 aromatic carbocycles. The van der Waals surface area contributed by atoms with Gasteiger partial charge in [0.15, 0.2) is 0 Å². The molecule has 2 N–H and O–H groups in total. The first-order valence-electron chi connectivity index (χ1n) is 9.40. The predicted molar refractivity (Wildman–Crippen MR) is 113 cm³/mol. The SMILES string of the molecule is CCc1c(-c2ccc(Br)cc2)c(C(N)=O)c(C)n1C1CCc2ccccc21. The Kier molecular flexibility index (Phi) is 4.68. The summed E-state index contributed by atoms with van der Waals surface area (Å²) in [5, 5.41) is 0. The van der Waals surface area contributed by atoms with Gasteiger partial charge in [0, 0.05) is 21.4 Å². The number of aromatic nitrogens is 1. The van der Waals surface area contributed by atoms with Gasteiger partial charge in [-0.2, -0.15) is 0 Å². The highest BCUT2D eigenvalue weighted by molar-refractivity contribution is 9.10. The zero-order valence-electron chi connectivity index (χ0n) is 15.6. The van der Waals surface area contributed by atoms with E-state index in [0.717, 1.165) is 40.6 Å². The lowest BCUT2D eigenvalue weighted by Gasteiger charge is -2.20. The zero-order chi connectivity index (χ0) is 19.1. The van der Waals surface area contributed by atoms with Crippen LogP contribution in [-0.2, 0) is 12.8 Å². The molecule has 0 saturated heterocycles. The van der Waals surface area contributed by atoms with Crippen LogP contribution in [0, 0.1) is 6.92 Å². The number of halogens is 1. The van der Waals surface area contributed by atoms with Gasteiger partial charge >= 0.3 is 0 Å². The van der Waals surface area contributed by atoms with Crippen molar-refractivity contribution in [3.8, 4) is 11.1 Å². The second-order valence-corrected chi connectivity index (χ2v) is 8.05. The number of nitrogens with zero attached hydrogens (tertiary/aromatic N) is 1. The molecule has 138 valence electrons. The molecule has 4 heteroatoms. The largest absolute Gasteiger partial charge is 0.366 e. The van der Waals surface area contributed by atoms with Crippen LogP contribution in [0.5, 0.6) is 0 Å². The molecule has 1 unspecified atom stereocenters. The van der Waals surface area contributed by atoms with Gasteiger partial charge in [-0.1, -0.05) is 59.3 Å². The third-order valence-electron chi connectivity index (χ3n) is 5.68. The minimum absolute atomic E-state index is 0.262. The van der Waals surface area contributed by atoms with Crippen LogP contribution in [0.4, 0.5) is 0 Å². The molecule has 4 rings (SSSR count). The van der Waals surface area contributed by atoms with Crippen LogP contribution in [-0.4, -0.2) is 10.5 Å². The minimum atomic E-state index is -0.356. The highest BCUT2D eigenvalue weighted by Gasteiger charge is 2.31. The molecule has 0 spiro atoms. The summed E-state index contributed by atoms with van der Waals surface area (Å²) in [6, 6.07) is 17.0. The Morgan fingerprint density at radius 2 is 1.89 bits per heavy atom. The van der Waals surface area contributed by atoms with Crippen molar-refractivity contribution in [2.24, 2.45) is 5.73 Å². The second-order valence-electron chi connectivity index (χ2n) is 7.13. The number of hydrogen-bond donors (Lipinski definition) is 1. The molecule has 1 heterocycles. The quantitative estimate of drug-likeness (QED) is 0.598. The molecular formula is C23H23BrN2O. The highest BCUT2D eigenvalue weighted by atomic mass is 79.9. The van der Waals surface area contributed by atoms with E-state index in [9.17, 15) is 4.79 Å². The number of amides is 1. The number of benzene rings is 2. The summed E-state index contributed by atoms with van der Waals surface area (Å²) in [4.78, 5) is 12.4. The van der Waals surface area contributed by atoms with E-state index in [2.05, 4.69) is 63.8 Å². The molecule has 27 heavy (non-hydrogen) atoms. The first-order valence-corrected chi connectivity index (χ1v) is 10.2. The monoisotopic (exact) mass is 422 g/mol. The van der Waals surface area contributed by atoms with Crippen LogP contribution >= 0.6 is 15.9 Å².